The largest absolute Gasteiger partial charge is 0.496 e. The second-order valence-corrected chi connectivity index (χ2v) is 5.85. The van der Waals surface area contributed by atoms with Crippen molar-refractivity contribution in [2.24, 2.45) is 0 Å². The van der Waals surface area contributed by atoms with E-state index in [0.717, 1.165) is 0 Å². The molecule has 2 amide bonds. The van der Waals surface area contributed by atoms with E-state index in [1.807, 2.05) is 0 Å². The van der Waals surface area contributed by atoms with Gasteiger partial charge in [-0.3, -0.25) is 4.79 Å². The van der Waals surface area contributed by atoms with E-state index in [1.54, 1.807) is 0 Å². The van der Waals surface area contributed by atoms with Gasteiger partial charge in [-0.15, -0.1) is 0 Å². The molecule has 0 radical (unpaired) electrons. The average Bonchev–Trinajstić information content (AvgIpc) is 2.56. The zero-order valence-corrected chi connectivity index (χ0v) is 14.2. The summed E-state index contributed by atoms with van der Waals surface area (Å²) >= 11 is 5.93. The van der Waals surface area contributed by atoms with Crippen LogP contribution in [0.5, 0.6) is 5.75 Å². The second-order valence-electron chi connectivity index (χ2n) is 5.45. The van der Waals surface area contributed by atoms with Crippen LogP contribution in [0.4, 0.5) is 10.5 Å². The number of ether oxygens (including phenoxy) is 2. The van der Waals surface area contributed by atoms with Crippen LogP contribution < -0.4 is 15.8 Å². The van der Waals surface area contributed by atoms with Crippen LogP contribution in [-0.2, 0) is 4.74 Å². The molecule has 4 N–H and O–H groups in total. The fourth-order valence-corrected chi connectivity index (χ4v) is 2.81. The number of amides is 2. The van der Waals surface area contributed by atoms with E-state index in [4.69, 9.17) is 31.9 Å². The number of carboxylic acid groups (broad SMARTS) is 1. The van der Waals surface area contributed by atoms with Crippen LogP contribution >= 0.6 is 11.6 Å². The van der Waals surface area contributed by atoms with Crippen molar-refractivity contribution in [2.75, 3.05) is 33.0 Å². The molecule has 0 bridgehead atoms. The van der Waals surface area contributed by atoms with Gasteiger partial charge in [-0.2, -0.15) is 0 Å². The third-order valence-corrected chi connectivity index (χ3v) is 4.34. The lowest BCUT2D eigenvalue weighted by atomic mass is 10.0. The number of nitrogen functional groups attached to an aromatic ring is 1. The Balaban J connectivity index is 2.14. The van der Waals surface area contributed by atoms with Crippen LogP contribution in [-0.4, -0.2) is 61.5 Å². The summed E-state index contributed by atoms with van der Waals surface area (Å²) in [5, 5.41) is 12.2. The Labute approximate surface area is 144 Å². The van der Waals surface area contributed by atoms with E-state index < -0.39 is 12.2 Å². The van der Waals surface area contributed by atoms with Gasteiger partial charge < -0.3 is 30.5 Å². The third kappa shape index (κ3) is 3.82. The molecule has 24 heavy (non-hydrogen) atoms. The maximum atomic E-state index is 12.6. The van der Waals surface area contributed by atoms with Crippen molar-refractivity contribution in [1.82, 2.24) is 10.2 Å². The quantitative estimate of drug-likeness (QED) is 0.702. The molecular formula is C15H20ClN3O5. The van der Waals surface area contributed by atoms with Crippen molar-refractivity contribution < 1.29 is 24.2 Å². The molecule has 1 aliphatic rings. The molecule has 1 aliphatic heterocycles. The van der Waals surface area contributed by atoms with Crippen molar-refractivity contribution in [3.05, 3.63) is 22.7 Å². The molecule has 2 rings (SSSR count). The molecule has 1 aromatic rings. The van der Waals surface area contributed by atoms with E-state index in [9.17, 15) is 9.59 Å². The van der Waals surface area contributed by atoms with Gasteiger partial charge in [0.2, 0.25) is 0 Å². The molecule has 0 aliphatic carbocycles. The lowest BCUT2D eigenvalue weighted by molar-refractivity contribution is 0.0101. The van der Waals surface area contributed by atoms with Crippen molar-refractivity contribution in [3.63, 3.8) is 0 Å². The smallest absolute Gasteiger partial charge is 0.407 e. The van der Waals surface area contributed by atoms with E-state index in [0.29, 0.717) is 23.7 Å². The maximum Gasteiger partial charge on any atom is 0.407 e. The highest BCUT2D eigenvalue weighted by Gasteiger charge is 2.33. The van der Waals surface area contributed by atoms with Crippen LogP contribution in [0.25, 0.3) is 0 Å². The number of benzene rings is 1. The number of halogens is 1. The van der Waals surface area contributed by atoms with E-state index >= 15 is 0 Å². The number of rotatable bonds is 4. The Hall–Kier alpha value is -2.19. The molecule has 1 fully saturated rings. The van der Waals surface area contributed by atoms with Crippen LogP contribution in [0.15, 0.2) is 12.1 Å². The Morgan fingerprint density at radius 3 is 2.71 bits per heavy atom. The summed E-state index contributed by atoms with van der Waals surface area (Å²) in [4.78, 5) is 24.9. The Morgan fingerprint density at radius 1 is 1.42 bits per heavy atom. The number of hydrogen-bond donors (Lipinski definition) is 3. The number of nitrogens with two attached hydrogens (primary N) is 1. The van der Waals surface area contributed by atoms with Crippen molar-refractivity contribution in [3.8, 4) is 5.75 Å². The number of methoxy groups -OCH3 is 2. The zero-order valence-electron chi connectivity index (χ0n) is 13.4. The summed E-state index contributed by atoms with van der Waals surface area (Å²) in [6, 6.07) is 2.61. The standard InChI is InChI=1S/C15H20ClN3O5/c1-23-12-6-9(16)10(17)5-8(12)14(20)18-11-3-4-19(15(21)22)7-13(11)24-2/h5-6,11,13H,3-4,7,17H2,1-2H3,(H,18,20)(H,21,22)/t11-,13+/m1/s1. The lowest BCUT2D eigenvalue weighted by Gasteiger charge is -2.36. The molecule has 1 heterocycles. The molecule has 8 nitrogen and oxygen atoms in total. The minimum Gasteiger partial charge on any atom is -0.496 e. The molecule has 1 aromatic carbocycles. The molecular weight excluding hydrogens is 338 g/mol. The van der Waals surface area contributed by atoms with E-state index in [-0.39, 0.29) is 29.7 Å². The first-order valence-corrected chi connectivity index (χ1v) is 7.69. The maximum absolute atomic E-state index is 12.6. The normalized spacial score (nSPS) is 20.5. The average molecular weight is 358 g/mol. The molecule has 1 saturated heterocycles. The third-order valence-electron chi connectivity index (χ3n) is 4.01. The Kier molecular flexibility index (Phi) is 5.74. The number of carbonyl (C=O) groups excluding carboxylic acids is 1. The Morgan fingerprint density at radius 2 is 2.12 bits per heavy atom. The van der Waals surface area contributed by atoms with Gasteiger partial charge in [0.05, 0.1) is 42.1 Å². The molecule has 132 valence electrons. The SMILES string of the molecule is COc1cc(Cl)c(N)cc1C(=O)N[C@@H]1CCN(C(=O)O)C[C@@H]1OC. The summed E-state index contributed by atoms with van der Waals surface area (Å²) < 4.78 is 10.5. The second kappa shape index (κ2) is 7.59. The number of hydrogen-bond acceptors (Lipinski definition) is 5. The van der Waals surface area contributed by atoms with Crippen LogP contribution in [0.2, 0.25) is 5.02 Å². The van der Waals surface area contributed by atoms with Gasteiger partial charge in [0.25, 0.3) is 5.91 Å². The molecule has 0 spiro atoms. The minimum absolute atomic E-state index is 0.191. The highest BCUT2D eigenvalue weighted by Crippen LogP contribution is 2.29. The highest BCUT2D eigenvalue weighted by atomic mass is 35.5. The van der Waals surface area contributed by atoms with Crippen LogP contribution in [0, 0.1) is 0 Å². The van der Waals surface area contributed by atoms with E-state index in [2.05, 4.69) is 5.32 Å². The molecule has 2 atom stereocenters. The van der Waals surface area contributed by atoms with Gasteiger partial charge in [-0.05, 0) is 12.5 Å². The predicted molar refractivity (Wildman–Crippen MR) is 88.7 cm³/mol. The Bertz CT molecular complexity index is 640. The number of nitrogens with one attached hydrogen (secondary N) is 1. The lowest BCUT2D eigenvalue weighted by Crippen LogP contribution is -2.55. The monoisotopic (exact) mass is 357 g/mol. The fourth-order valence-electron chi connectivity index (χ4n) is 2.66. The molecule has 0 saturated carbocycles. The minimum atomic E-state index is -1.01. The summed E-state index contributed by atoms with van der Waals surface area (Å²) in [6.45, 7) is 0.511. The summed E-state index contributed by atoms with van der Waals surface area (Å²) in [5.41, 5.74) is 6.29. The highest BCUT2D eigenvalue weighted by molar-refractivity contribution is 6.33. The zero-order chi connectivity index (χ0) is 17.9. The first-order valence-electron chi connectivity index (χ1n) is 7.32. The number of piperidine rings is 1. The fraction of sp³-hybridized carbons (Fsp3) is 0.467. The number of nitrogens with zero attached hydrogens (tertiary/aromatic N) is 1. The number of anilines is 1. The summed E-state index contributed by atoms with van der Waals surface area (Å²) in [5.74, 6) is -0.0744. The summed E-state index contributed by atoms with van der Waals surface area (Å²) in [7, 11) is 2.91. The van der Waals surface area contributed by atoms with E-state index in [1.165, 1.54) is 31.3 Å². The van der Waals surface area contributed by atoms with Crippen molar-refractivity contribution in [1.29, 1.82) is 0 Å². The van der Waals surface area contributed by atoms with Crippen LogP contribution in [0.1, 0.15) is 16.8 Å². The first kappa shape index (κ1) is 18.2. The summed E-state index contributed by atoms with van der Waals surface area (Å²) in [6.07, 6.45) is -0.995. The molecule has 0 unspecified atom stereocenters. The van der Waals surface area contributed by atoms with Crippen LogP contribution in [0.3, 0.4) is 0 Å². The first-order chi connectivity index (χ1) is 11.4. The molecule has 0 aromatic heterocycles. The number of likely N-dealkylation sites (tertiary alicyclic amines) is 1. The topological polar surface area (TPSA) is 114 Å². The predicted octanol–water partition coefficient (Wildman–Crippen LogP) is 1.43. The van der Waals surface area contributed by atoms with Gasteiger partial charge in [0.1, 0.15) is 5.75 Å². The van der Waals surface area contributed by atoms with Gasteiger partial charge in [0.15, 0.2) is 0 Å². The number of carbonyl (C=O) groups is 2. The van der Waals surface area contributed by atoms with Gasteiger partial charge in [0, 0.05) is 19.7 Å². The molecule has 9 heteroatoms. The van der Waals surface area contributed by atoms with Gasteiger partial charge in [-0.1, -0.05) is 11.6 Å². The van der Waals surface area contributed by atoms with Gasteiger partial charge >= 0.3 is 6.09 Å². The van der Waals surface area contributed by atoms with Gasteiger partial charge in [-0.25, -0.2) is 4.79 Å². The van der Waals surface area contributed by atoms with Crippen molar-refractivity contribution >= 4 is 29.3 Å². The van der Waals surface area contributed by atoms with Crippen molar-refractivity contribution in [2.45, 2.75) is 18.6 Å².